The van der Waals surface area contributed by atoms with E-state index in [2.05, 4.69) is 0 Å². The molecule has 0 N–H and O–H groups in total. The summed E-state index contributed by atoms with van der Waals surface area (Å²) in [6.07, 6.45) is 5.09. The molecule has 1 fully saturated rings. The van der Waals surface area contributed by atoms with Gasteiger partial charge in [0.1, 0.15) is 6.10 Å². The van der Waals surface area contributed by atoms with Gasteiger partial charge in [-0.1, -0.05) is 0 Å². The second-order valence-corrected chi connectivity index (χ2v) is 3.48. The third kappa shape index (κ3) is 1.91. The Kier molecular flexibility index (Phi) is 2.64. The smallest absolute Gasteiger partial charge is 0.190 e. The Morgan fingerprint density at radius 1 is 1.38 bits per heavy atom. The van der Waals surface area contributed by atoms with E-state index < -0.39 is 0 Å². The maximum absolute atomic E-state index is 11.7. The molecule has 0 aromatic carbocycles. The molecule has 2 aliphatic rings. The van der Waals surface area contributed by atoms with Crippen LogP contribution in [0.3, 0.4) is 0 Å². The summed E-state index contributed by atoms with van der Waals surface area (Å²) < 4.78 is 10.4. The summed E-state index contributed by atoms with van der Waals surface area (Å²) in [6.45, 7) is 1.47. The van der Waals surface area contributed by atoms with Crippen LogP contribution in [0.5, 0.6) is 0 Å². The third-order valence-electron chi connectivity index (χ3n) is 2.47. The van der Waals surface area contributed by atoms with Crippen molar-refractivity contribution in [2.75, 3.05) is 13.2 Å². The van der Waals surface area contributed by atoms with Crippen molar-refractivity contribution in [1.82, 2.24) is 0 Å². The van der Waals surface area contributed by atoms with Crippen LogP contribution in [-0.4, -0.2) is 25.1 Å². The van der Waals surface area contributed by atoms with Crippen LogP contribution in [-0.2, 0) is 14.3 Å². The van der Waals surface area contributed by atoms with E-state index in [-0.39, 0.29) is 11.9 Å². The van der Waals surface area contributed by atoms with Crippen molar-refractivity contribution in [1.29, 1.82) is 0 Å². The highest BCUT2D eigenvalue weighted by Gasteiger charge is 2.27. The standard InChI is InChI=1S/C10H14O3/c11-10(9-4-2-6-13-9)8-3-1-5-12-7-8/h7,9H,1-6H2. The predicted molar refractivity (Wildman–Crippen MR) is 47.3 cm³/mol. The van der Waals surface area contributed by atoms with Crippen molar-refractivity contribution in [3.8, 4) is 0 Å². The van der Waals surface area contributed by atoms with Crippen LogP contribution < -0.4 is 0 Å². The van der Waals surface area contributed by atoms with Crippen LogP contribution in [0.15, 0.2) is 11.8 Å². The van der Waals surface area contributed by atoms with Crippen molar-refractivity contribution in [3.05, 3.63) is 11.8 Å². The lowest BCUT2D eigenvalue weighted by Gasteiger charge is -2.15. The van der Waals surface area contributed by atoms with Crippen LogP contribution in [0.4, 0.5) is 0 Å². The van der Waals surface area contributed by atoms with Gasteiger partial charge >= 0.3 is 0 Å². The second-order valence-electron chi connectivity index (χ2n) is 3.48. The lowest BCUT2D eigenvalue weighted by atomic mass is 10.0. The lowest BCUT2D eigenvalue weighted by molar-refractivity contribution is -0.124. The number of carbonyl (C=O) groups is 1. The number of Topliss-reactive ketones (excluding diaryl/α,β-unsaturated/α-hetero) is 1. The van der Waals surface area contributed by atoms with Crippen molar-refractivity contribution in [3.63, 3.8) is 0 Å². The first-order chi connectivity index (χ1) is 6.38. The second kappa shape index (κ2) is 3.92. The normalized spacial score (nSPS) is 28.0. The molecule has 13 heavy (non-hydrogen) atoms. The monoisotopic (exact) mass is 182 g/mol. The zero-order valence-electron chi connectivity index (χ0n) is 7.62. The van der Waals surface area contributed by atoms with Gasteiger partial charge in [0.05, 0.1) is 12.9 Å². The SMILES string of the molecule is O=C(C1=COCCC1)C1CCCO1. The Morgan fingerprint density at radius 2 is 2.31 bits per heavy atom. The van der Waals surface area contributed by atoms with E-state index in [4.69, 9.17) is 9.47 Å². The van der Waals surface area contributed by atoms with Crippen LogP contribution in [0, 0.1) is 0 Å². The van der Waals surface area contributed by atoms with Crippen molar-refractivity contribution in [2.24, 2.45) is 0 Å². The van der Waals surface area contributed by atoms with Gasteiger partial charge in [-0.2, -0.15) is 0 Å². The summed E-state index contributed by atoms with van der Waals surface area (Å²) in [7, 11) is 0. The number of ether oxygens (including phenoxy) is 2. The molecule has 0 aliphatic carbocycles. The fraction of sp³-hybridized carbons (Fsp3) is 0.700. The average Bonchev–Trinajstić information content (AvgIpc) is 2.71. The van der Waals surface area contributed by atoms with Gasteiger partial charge in [0, 0.05) is 12.2 Å². The summed E-state index contributed by atoms with van der Waals surface area (Å²) in [5, 5.41) is 0. The molecule has 2 aliphatic heterocycles. The van der Waals surface area contributed by atoms with E-state index in [1.54, 1.807) is 6.26 Å². The average molecular weight is 182 g/mol. The molecule has 0 spiro atoms. The van der Waals surface area contributed by atoms with E-state index in [1.807, 2.05) is 0 Å². The van der Waals surface area contributed by atoms with Crippen LogP contribution in [0.1, 0.15) is 25.7 Å². The Hall–Kier alpha value is -0.830. The Balaban J connectivity index is 1.98. The Labute approximate surface area is 77.7 Å². The molecule has 72 valence electrons. The molecular weight excluding hydrogens is 168 g/mol. The largest absolute Gasteiger partial charge is 0.501 e. The van der Waals surface area contributed by atoms with Gasteiger partial charge in [-0.15, -0.1) is 0 Å². The third-order valence-corrected chi connectivity index (χ3v) is 2.47. The van der Waals surface area contributed by atoms with Gasteiger partial charge in [0.2, 0.25) is 0 Å². The van der Waals surface area contributed by atoms with Gasteiger partial charge in [0.15, 0.2) is 5.78 Å². The van der Waals surface area contributed by atoms with Gasteiger partial charge < -0.3 is 9.47 Å². The molecule has 1 atom stereocenters. The fourth-order valence-electron chi connectivity index (χ4n) is 1.74. The topological polar surface area (TPSA) is 35.5 Å². The van der Waals surface area contributed by atoms with E-state index in [0.29, 0.717) is 0 Å². The van der Waals surface area contributed by atoms with Crippen molar-refractivity contribution < 1.29 is 14.3 Å². The molecule has 0 radical (unpaired) electrons. The highest BCUT2D eigenvalue weighted by Crippen LogP contribution is 2.21. The predicted octanol–water partition coefficient (Wildman–Crippen LogP) is 1.43. The van der Waals surface area contributed by atoms with E-state index in [1.165, 1.54) is 0 Å². The molecule has 3 heteroatoms. The minimum atomic E-state index is -0.187. The number of ketones is 1. The molecule has 0 amide bonds. The first-order valence-electron chi connectivity index (χ1n) is 4.84. The van der Waals surface area contributed by atoms with Crippen LogP contribution in [0.25, 0.3) is 0 Å². The molecular formula is C10H14O3. The zero-order chi connectivity index (χ0) is 9.10. The van der Waals surface area contributed by atoms with Gasteiger partial charge in [0.25, 0.3) is 0 Å². The molecule has 2 rings (SSSR count). The molecule has 1 saturated heterocycles. The zero-order valence-corrected chi connectivity index (χ0v) is 7.62. The summed E-state index contributed by atoms with van der Waals surface area (Å²) in [5.74, 6) is 0.136. The number of rotatable bonds is 2. The van der Waals surface area contributed by atoms with Crippen LogP contribution >= 0.6 is 0 Å². The maximum atomic E-state index is 11.7. The van der Waals surface area contributed by atoms with E-state index in [9.17, 15) is 4.79 Å². The maximum Gasteiger partial charge on any atom is 0.190 e. The van der Waals surface area contributed by atoms with Crippen LogP contribution in [0.2, 0.25) is 0 Å². The molecule has 0 bridgehead atoms. The molecule has 2 heterocycles. The van der Waals surface area contributed by atoms with Crippen molar-refractivity contribution >= 4 is 5.78 Å². The number of hydrogen-bond donors (Lipinski definition) is 0. The number of hydrogen-bond acceptors (Lipinski definition) is 3. The van der Waals surface area contributed by atoms with Gasteiger partial charge in [-0.3, -0.25) is 4.79 Å². The summed E-state index contributed by atoms with van der Waals surface area (Å²) in [5.41, 5.74) is 0.804. The molecule has 3 nitrogen and oxygen atoms in total. The van der Waals surface area contributed by atoms with Gasteiger partial charge in [-0.25, -0.2) is 0 Å². The first-order valence-corrected chi connectivity index (χ1v) is 4.84. The minimum Gasteiger partial charge on any atom is -0.501 e. The van der Waals surface area contributed by atoms with Crippen molar-refractivity contribution in [2.45, 2.75) is 31.8 Å². The Morgan fingerprint density at radius 3 is 2.92 bits per heavy atom. The van der Waals surface area contributed by atoms with E-state index >= 15 is 0 Å². The Bertz CT molecular complexity index is 226. The van der Waals surface area contributed by atoms with Gasteiger partial charge in [-0.05, 0) is 25.7 Å². The molecule has 0 saturated carbocycles. The molecule has 0 aromatic rings. The summed E-state index contributed by atoms with van der Waals surface area (Å²) in [6, 6.07) is 0. The quantitative estimate of drug-likeness (QED) is 0.648. The summed E-state index contributed by atoms with van der Waals surface area (Å²) in [4.78, 5) is 11.7. The summed E-state index contributed by atoms with van der Waals surface area (Å²) >= 11 is 0. The lowest BCUT2D eigenvalue weighted by Crippen LogP contribution is -2.22. The highest BCUT2D eigenvalue weighted by molar-refractivity contribution is 5.98. The first kappa shape index (κ1) is 8.75. The minimum absolute atomic E-state index is 0.136. The molecule has 0 aromatic heterocycles. The van der Waals surface area contributed by atoms with E-state index in [0.717, 1.165) is 44.5 Å². The molecule has 1 unspecified atom stereocenters. The fourth-order valence-corrected chi connectivity index (χ4v) is 1.74. The number of carbonyl (C=O) groups excluding carboxylic acids is 1. The highest BCUT2D eigenvalue weighted by atomic mass is 16.5.